The van der Waals surface area contributed by atoms with Gasteiger partial charge >= 0.3 is 0 Å². The molecule has 0 bridgehead atoms. The predicted molar refractivity (Wildman–Crippen MR) is 83.0 cm³/mol. The molecule has 0 aliphatic carbocycles. The van der Waals surface area contributed by atoms with Gasteiger partial charge in [0.05, 0.1) is 5.03 Å². The fourth-order valence-electron chi connectivity index (χ4n) is 2.37. The van der Waals surface area contributed by atoms with E-state index in [-0.39, 0.29) is 0 Å². The number of benzene rings is 2. The third-order valence-corrected chi connectivity index (χ3v) is 4.72. The monoisotopic (exact) mass is 267 g/mol. The number of para-hydroxylation sites is 1. The van der Waals surface area contributed by atoms with Crippen LogP contribution in [0.2, 0.25) is 0 Å². The second-order valence-electron chi connectivity index (χ2n) is 4.69. The van der Waals surface area contributed by atoms with Gasteiger partial charge in [0.15, 0.2) is 0 Å². The summed E-state index contributed by atoms with van der Waals surface area (Å²) in [6.45, 7) is 4.40. The van der Waals surface area contributed by atoms with Gasteiger partial charge in [-0.2, -0.15) is 0 Å². The maximum atomic E-state index is 3.53. The molecule has 0 unspecified atom stereocenters. The Balaban J connectivity index is 2.03. The van der Waals surface area contributed by atoms with Crippen molar-refractivity contribution in [2.75, 3.05) is 0 Å². The fourth-order valence-corrected chi connectivity index (χ4v) is 3.50. The van der Waals surface area contributed by atoms with Crippen molar-refractivity contribution in [2.24, 2.45) is 0 Å². The highest BCUT2D eigenvalue weighted by atomic mass is 32.2. The van der Waals surface area contributed by atoms with E-state index in [4.69, 9.17) is 0 Å². The average Bonchev–Trinajstić information content (AvgIpc) is 2.77. The Hall–Kier alpha value is -1.67. The second-order valence-corrected chi connectivity index (χ2v) is 5.74. The minimum atomic E-state index is 1.07. The lowest BCUT2D eigenvalue weighted by molar-refractivity contribution is 1.08. The topological polar surface area (TPSA) is 15.8 Å². The van der Waals surface area contributed by atoms with Crippen LogP contribution in [0.25, 0.3) is 10.9 Å². The van der Waals surface area contributed by atoms with E-state index in [1.165, 1.54) is 32.0 Å². The SMILES string of the molecule is CCc1ccccc1Sc1[nH]c2ccccc2c1C. The van der Waals surface area contributed by atoms with Crippen LogP contribution >= 0.6 is 11.8 Å². The van der Waals surface area contributed by atoms with Crippen LogP contribution in [0.4, 0.5) is 0 Å². The van der Waals surface area contributed by atoms with Crippen molar-refractivity contribution >= 4 is 22.7 Å². The molecule has 0 aliphatic rings. The standard InChI is InChI=1S/C17H17NS/c1-3-13-8-4-7-11-16(13)19-17-12(2)14-9-5-6-10-15(14)18-17/h4-11,18H,3H2,1-2H3. The molecule has 0 atom stereocenters. The van der Waals surface area contributed by atoms with Gasteiger partial charge in [0.1, 0.15) is 0 Å². The van der Waals surface area contributed by atoms with Crippen LogP contribution in [0.5, 0.6) is 0 Å². The summed E-state index contributed by atoms with van der Waals surface area (Å²) in [5.41, 5.74) is 3.97. The molecule has 0 saturated carbocycles. The first kappa shape index (κ1) is 12.4. The van der Waals surface area contributed by atoms with Gasteiger partial charge in [0.25, 0.3) is 0 Å². The van der Waals surface area contributed by atoms with Crippen molar-refractivity contribution in [1.29, 1.82) is 0 Å². The first-order valence-electron chi connectivity index (χ1n) is 6.62. The lowest BCUT2D eigenvalue weighted by Gasteiger charge is -2.06. The van der Waals surface area contributed by atoms with Crippen molar-refractivity contribution < 1.29 is 0 Å². The summed E-state index contributed by atoms with van der Waals surface area (Å²) in [7, 11) is 0. The molecule has 19 heavy (non-hydrogen) atoms. The fraction of sp³-hybridized carbons (Fsp3) is 0.176. The first-order valence-corrected chi connectivity index (χ1v) is 7.44. The van der Waals surface area contributed by atoms with E-state index in [1.807, 2.05) is 11.8 Å². The Morgan fingerprint density at radius 3 is 2.53 bits per heavy atom. The highest BCUT2D eigenvalue weighted by molar-refractivity contribution is 7.99. The molecule has 0 spiro atoms. The molecule has 1 nitrogen and oxygen atoms in total. The van der Waals surface area contributed by atoms with Crippen molar-refractivity contribution in [3.8, 4) is 0 Å². The Morgan fingerprint density at radius 1 is 1.00 bits per heavy atom. The van der Waals surface area contributed by atoms with Gasteiger partial charge < -0.3 is 4.98 Å². The molecule has 0 saturated heterocycles. The minimum absolute atomic E-state index is 1.07. The van der Waals surface area contributed by atoms with Gasteiger partial charge in [0.2, 0.25) is 0 Å². The lowest BCUT2D eigenvalue weighted by Crippen LogP contribution is -1.85. The number of nitrogens with one attached hydrogen (secondary N) is 1. The smallest absolute Gasteiger partial charge is 0.0810 e. The summed E-state index contributed by atoms with van der Waals surface area (Å²) in [5, 5.41) is 2.57. The van der Waals surface area contributed by atoms with E-state index in [0.29, 0.717) is 0 Å². The lowest BCUT2D eigenvalue weighted by atomic mass is 10.2. The zero-order chi connectivity index (χ0) is 13.2. The van der Waals surface area contributed by atoms with Crippen molar-refractivity contribution in [1.82, 2.24) is 4.98 Å². The third-order valence-electron chi connectivity index (χ3n) is 3.49. The average molecular weight is 267 g/mol. The molecule has 0 fully saturated rings. The summed E-state index contributed by atoms with van der Waals surface area (Å²) in [4.78, 5) is 4.87. The molecule has 1 N–H and O–H groups in total. The number of rotatable bonds is 3. The summed E-state index contributed by atoms with van der Waals surface area (Å²) in [6, 6.07) is 17.1. The number of hydrogen-bond donors (Lipinski definition) is 1. The molecule has 3 aromatic rings. The molecular weight excluding hydrogens is 250 g/mol. The minimum Gasteiger partial charge on any atom is -0.349 e. The van der Waals surface area contributed by atoms with Crippen LogP contribution in [-0.2, 0) is 6.42 Å². The van der Waals surface area contributed by atoms with Crippen LogP contribution in [0.1, 0.15) is 18.1 Å². The normalized spacial score (nSPS) is 11.1. The summed E-state index contributed by atoms with van der Waals surface area (Å²) >= 11 is 1.84. The number of H-pyrrole nitrogens is 1. The largest absolute Gasteiger partial charge is 0.349 e. The van der Waals surface area contributed by atoms with Gasteiger partial charge in [-0.25, -0.2) is 0 Å². The number of hydrogen-bond acceptors (Lipinski definition) is 1. The maximum absolute atomic E-state index is 3.53. The molecule has 2 aromatic carbocycles. The number of fused-ring (bicyclic) bond motifs is 1. The van der Waals surface area contributed by atoms with Gasteiger partial charge in [-0.3, -0.25) is 0 Å². The molecule has 3 rings (SSSR count). The molecule has 0 amide bonds. The molecule has 0 aliphatic heterocycles. The number of aryl methyl sites for hydroxylation is 2. The van der Waals surface area contributed by atoms with E-state index in [0.717, 1.165) is 6.42 Å². The molecular formula is C17H17NS. The Bertz CT molecular complexity index is 712. The molecule has 0 radical (unpaired) electrons. The quantitative estimate of drug-likeness (QED) is 0.690. The van der Waals surface area contributed by atoms with Crippen LogP contribution in [0, 0.1) is 6.92 Å². The van der Waals surface area contributed by atoms with Crippen LogP contribution < -0.4 is 0 Å². The van der Waals surface area contributed by atoms with Crippen molar-refractivity contribution in [2.45, 2.75) is 30.2 Å². The van der Waals surface area contributed by atoms with Crippen molar-refractivity contribution in [3.63, 3.8) is 0 Å². The van der Waals surface area contributed by atoms with Gasteiger partial charge in [0, 0.05) is 15.8 Å². The molecule has 1 aromatic heterocycles. The van der Waals surface area contributed by atoms with Gasteiger partial charge in [-0.15, -0.1) is 0 Å². The van der Waals surface area contributed by atoms with E-state index in [1.54, 1.807) is 0 Å². The summed E-state index contributed by atoms with van der Waals surface area (Å²) < 4.78 is 0. The second kappa shape index (κ2) is 5.14. The third kappa shape index (κ3) is 2.28. The van der Waals surface area contributed by atoms with Crippen LogP contribution in [-0.4, -0.2) is 4.98 Å². The van der Waals surface area contributed by atoms with E-state index < -0.39 is 0 Å². The predicted octanol–water partition coefficient (Wildman–Crippen LogP) is 5.19. The van der Waals surface area contributed by atoms with Gasteiger partial charge in [-0.05, 0) is 36.6 Å². The van der Waals surface area contributed by atoms with Crippen molar-refractivity contribution in [3.05, 3.63) is 59.7 Å². The maximum Gasteiger partial charge on any atom is 0.0810 e. The van der Waals surface area contributed by atoms with Gasteiger partial charge in [-0.1, -0.05) is 55.1 Å². The van der Waals surface area contributed by atoms with E-state index in [9.17, 15) is 0 Å². The molecule has 1 heterocycles. The molecule has 2 heteroatoms. The number of aromatic nitrogens is 1. The Morgan fingerprint density at radius 2 is 1.74 bits per heavy atom. The molecule has 96 valence electrons. The van der Waals surface area contributed by atoms with E-state index in [2.05, 4.69) is 67.4 Å². The zero-order valence-corrected chi connectivity index (χ0v) is 12.1. The Labute approximate surface area is 118 Å². The highest BCUT2D eigenvalue weighted by Gasteiger charge is 2.09. The van der Waals surface area contributed by atoms with Crippen LogP contribution in [0.15, 0.2) is 58.5 Å². The Kier molecular flexibility index (Phi) is 3.34. The summed E-state index contributed by atoms with van der Waals surface area (Å²) in [6.07, 6.45) is 1.07. The summed E-state index contributed by atoms with van der Waals surface area (Å²) in [5.74, 6) is 0. The zero-order valence-electron chi connectivity index (χ0n) is 11.2. The van der Waals surface area contributed by atoms with Crippen LogP contribution in [0.3, 0.4) is 0 Å². The highest BCUT2D eigenvalue weighted by Crippen LogP contribution is 2.35. The first-order chi connectivity index (χ1) is 9.29. The number of aromatic amines is 1. The van der Waals surface area contributed by atoms with E-state index >= 15 is 0 Å².